The van der Waals surface area contributed by atoms with Gasteiger partial charge in [0.1, 0.15) is 11.4 Å². The Hall–Kier alpha value is -2.29. The van der Waals surface area contributed by atoms with Crippen LogP contribution in [0.5, 0.6) is 5.75 Å². The van der Waals surface area contributed by atoms with Gasteiger partial charge in [0, 0.05) is 17.5 Å². The van der Waals surface area contributed by atoms with E-state index in [9.17, 15) is 5.11 Å². The third kappa shape index (κ3) is 1.65. The normalized spacial score (nSPS) is 10.9. The molecule has 0 unspecified atom stereocenters. The number of hydrogen-bond acceptors (Lipinski definition) is 2. The molecule has 0 atom stereocenters. The largest absolute Gasteiger partial charge is 0.508 e. The highest BCUT2D eigenvalue weighted by molar-refractivity contribution is 5.64. The smallest absolute Gasteiger partial charge is 0.137 e. The van der Waals surface area contributed by atoms with Crippen LogP contribution in [0.25, 0.3) is 16.9 Å². The van der Waals surface area contributed by atoms with E-state index < -0.39 is 0 Å². The van der Waals surface area contributed by atoms with Gasteiger partial charge in [0.15, 0.2) is 0 Å². The van der Waals surface area contributed by atoms with Gasteiger partial charge in [-0.3, -0.25) is 0 Å². The number of pyridine rings is 1. The van der Waals surface area contributed by atoms with Gasteiger partial charge in [0.05, 0.1) is 5.69 Å². The van der Waals surface area contributed by atoms with Crippen LogP contribution in [-0.4, -0.2) is 14.5 Å². The van der Waals surface area contributed by atoms with Crippen LogP contribution in [0, 0.1) is 6.92 Å². The first-order valence-electron chi connectivity index (χ1n) is 5.48. The molecule has 0 bridgehead atoms. The van der Waals surface area contributed by atoms with Crippen LogP contribution in [0.15, 0.2) is 48.7 Å². The predicted octanol–water partition coefficient (Wildman–Crippen LogP) is 3.02. The summed E-state index contributed by atoms with van der Waals surface area (Å²) in [5.74, 6) is 0.260. The molecule has 0 fully saturated rings. The summed E-state index contributed by atoms with van der Waals surface area (Å²) in [5.41, 5.74) is 3.85. The quantitative estimate of drug-likeness (QED) is 0.690. The second kappa shape index (κ2) is 3.63. The Balaban J connectivity index is 2.22. The Morgan fingerprint density at radius 2 is 1.94 bits per heavy atom. The molecule has 0 aliphatic rings. The fraction of sp³-hybridized carbons (Fsp3) is 0.0714. The number of aromatic hydroxyl groups is 1. The Bertz CT molecular complexity index is 686. The van der Waals surface area contributed by atoms with E-state index in [1.165, 1.54) is 0 Å². The first-order chi connectivity index (χ1) is 8.24. The molecular weight excluding hydrogens is 212 g/mol. The summed E-state index contributed by atoms with van der Waals surface area (Å²) in [6.07, 6.45) is 1.99. The van der Waals surface area contributed by atoms with Gasteiger partial charge in [-0.15, -0.1) is 0 Å². The van der Waals surface area contributed by atoms with E-state index >= 15 is 0 Å². The number of hydrogen-bond donors (Lipinski definition) is 1. The Morgan fingerprint density at radius 3 is 2.71 bits per heavy atom. The van der Waals surface area contributed by atoms with Crippen LogP contribution in [0.1, 0.15) is 5.69 Å². The number of nitrogens with zero attached hydrogens (tertiary/aromatic N) is 2. The third-order valence-electron chi connectivity index (χ3n) is 2.84. The average molecular weight is 224 g/mol. The molecule has 2 aromatic heterocycles. The number of fused-ring (bicyclic) bond motifs is 1. The van der Waals surface area contributed by atoms with Crippen molar-refractivity contribution >= 4 is 5.65 Å². The van der Waals surface area contributed by atoms with Gasteiger partial charge >= 0.3 is 0 Å². The van der Waals surface area contributed by atoms with E-state index in [0.717, 1.165) is 22.6 Å². The molecule has 3 rings (SSSR count). The maximum absolute atomic E-state index is 9.47. The first-order valence-corrected chi connectivity index (χ1v) is 5.48. The fourth-order valence-electron chi connectivity index (χ4n) is 1.95. The van der Waals surface area contributed by atoms with Gasteiger partial charge in [-0.1, -0.05) is 18.2 Å². The number of benzene rings is 1. The standard InChI is InChI=1S/C14H12N2O/c1-10-4-2-7-14-15-13(9-16(10)14)11-5-3-6-12(17)8-11/h2-9,17H,1H3. The average Bonchev–Trinajstić information content (AvgIpc) is 2.74. The molecule has 0 saturated heterocycles. The number of phenols is 1. The minimum Gasteiger partial charge on any atom is -0.508 e. The highest BCUT2D eigenvalue weighted by atomic mass is 16.3. The van der Waals surface area contributed by atoms with E-state index in [1.54, 1.807) is 12.1 Å². The summed E-state index contributed by atoms with van der Waals surface area (Å²) < 4.78 is 2.04. The lowest BCUT2D eigenvalue weighted by molar-refractivity contribution is 0.475. The second-order valence-electron chi connectivity index (χ2n) is 4.07. The molecule has 0 spiro atoms. The van der Waals surface area contributed by atoms with E-state index in [2.05, 4.69) is 4.98 Å². The van der Waals surface area contributed by atoms with Gasteiger partial charge in [-0.05, 0) is 31.2 Å². The molecule has 0 radical (unpaired) electrons. The van der Waals surface area contributed by atoms with Crippen LogP contribution in [0.2, 0.25) is 0 Å². The van der Waals surface area contributed by atoms with Crippen LogP contribution >= 0.6 is 0 Å². The predicted molar refractivity (Wildman–Crippen MR) is 67.0 cm³/mol. The SMILES string of the molecule is Cc1cccc2nc(-c3cccc(O)c3)cn12. The number of imidazole rings is 1. The molecule has 0 amide bonds. The number of rotatable bonds is 1. The van der Waals surface area contributed by atoms with Crippen molar-refractivity contribution in [2.45, 2.75) is 6.92 Å². The van der Waals surface area contributed by atoms with Gasteiger partial charge in [0.25, 0.3) is 0 Å². The van der Waals surface area contributed by atoms with Crippen molar-refractivity contribution in [3.63, 3.8) is 0 Å². The Kier molecular flexibility index (Phi) is 2.11. The van der Waals surface area contributed by atoms with Gasteiger partial charge in [-0.25, -0.2) is 4.98 Å². The Labute approximate surface area is 99.0 Å². The number of aryl methyl sites for hydroxylation is 1. The number of phenolic OH excluding ortho intramolecular Hbond substituents is 1. The molecule has 1 N–H and O–H groups in total. The number of aromatic nitrogens is 2. The summed E-state index contributed by atoms with van der Waals surface area (Å²) in [4.78, 5) is 4.54. The molecule has 2 heterocycles. The van der Waals surface area contributed by atoms with Crippen LogP contribution in [0.4, 0.5) is 0 Å². The summed E-state index contributed by atoms with van der Waals surface area (Å²) in [7, 11) is 0. The zero-order valence-electron chi connectivity index (χ0n) is 9.46. The van der Waals surface area contributed by atoms with Crippen LogP contribution < -0.4 is 0 Å². The summed E-state index contributed by atoms with van der Waals surface area (Å²) in [5, 5.41) is 9.47. The minimum atomic E-state index is 0.260. The lowest BCUT2D eigenvalue weighted by Crippen LogP contribution is -1.86. The van der Waals surface area contributed by atoms with E-state index in [1.807, 2.05) is 47.9 Å². The van der Waals surface area contributed by atoms with Gasteiger partial charge in [-0.2, -0.15) is 0 Å². The van der Waals surface area contributed by atoms with Gasteiger partial charge < -0.3 is 9.51 Å². The topological polar surface area (TPSA) is 37.5 Å². The van der Waals surface area contributed by atoms with Crippen molar-refractivity contribution in [1.82, 2.24) is 9.38 Å². The first kappa shape index (κ1) is 9.90. The molecule has 1 aromatic carbocycles. The second-order valence-corrected chi connectivity index (χ2v) is 4.07. The van der Waals surface area contributed by atoms with E-state index in [4.69, 9.17) is 0 Å². The van der Waals surface area contributed by atoms with Crippen molar-refractivity contribution in [1.29, 1.82) is 0 Å². The van der Waals surface area contributed by atoms with Crippen molar-refractivity contribution in [3.8, 4) is 17.0 Å². The maximum atomic E-state index is 9.47. The molecule has 84 valence electrons. The monoisotopic (exact) mass is 224 g/mol. The van der Waals surface area contributed by atoms with Crippen LogP contribution in [-0.2, 0) is 0 Å². The van der Waals surface area contributed by atoms with E-state index in [-0.39, 0.29) is 5.75 Å². The highest BCUT2D eigenvalue weighted by Gasteiger charge is 2.05. The molecular formula is C14H12N2O. The Morgan fingerprint density at radius 1 is 1.12 bits per heavy atom. The van der Waals surface area contributed by atoms with Crippen molar-refractivity contribution < 1.29 is 5.11 Å². The highest BCUT2D eigenvalue weighted by Crippen LogP contribution is 2.23. The molecule has 3 heteroatoms. The molecule has 0 aliphatic carbocycles. The molecule has 3 aromatic rings. The fourth-order valence-corrected chi connectivity index (χ4v) is 1.95. The zero-order chi connectivity index (χ0) is 11.8. The molecule has 0 aliphatic heterocycles. The zero-order valence-corrected chi connectivity index (χ0v) is 9.46. The van der Waals surface area contributed by atoms with Crippen molar-refractivity contribution in [2.24, 2.45) is 0 Å². The van der Waals surface area contributed by atoms with Crippen LogP contribution in [0.3, 0.4) is 0 Å². The lowest BCUT2D eigenvalue weighted by atomic mass is 10.1. The molecule has 17 heavy (non-hydrogen) atoms. The minimum absolute atomic E-state index is 0.260. The van der Waals surface area contributed by atoms with E-state index in [0.29, 0.717) is 0 Å². The molecule has 0 saturated carbocycles. The summed E-state index contributed by atoms with van der Waals surface area (Å²) in [6, 6.07) is 13.1. The lowest BCUT2D eigenvalue weighted by Gasteiger charge is -1.97. The maximum Gasteiger partial charge on any atom is 0.137 e. The van der Waals surface area contributed by atoms with Gasteiger partial charge in [0.2, 0.25) is 0 Å². The summed E-state index contributed by atoms with van der Waals surface area (Å²) >= 11 is 0. The van der Waals surface area contributed by atoms with Crippen molar-refractivity contribution in [3.05, 3.63) is 54.4 Å². The van der Waals surface area contributed by atoms with Crippen molar-refractivity contribution in [2.75, 3.05) is 0 Å². The molecule has 3 nitrogen and oxygen atoms in total. The summed E-state index contributed by atoms with van der Waals surface area (Å²) in [6.45, 7) is 2.04. The third-order valence-corrected chi connectivity index (χ3v) is 2.84.